The van der Waals surface area contributed by atoms with Crippen LogP contribution in [0.1, 0.15) is 42.7 Å². The number of fused-ring (bicyclic) bond motifs is 1. The van der Waals surface area contributed by atoms with Crippen LogP contribution in [0.5, 0.6) is 0 Å². The molecule has 0 radical (unpaired) electrons. The van der Waals surface area contributed by atoms with E-state index in [2.05, 4.69) is 36.8 Å². The van der Waals surface area contributed by atoms with E-state index in [0.29, 0.717) is 6.61 Å². The van der Waals surface area contributed by atoms with Gasteiger partial charge in [0, 0.05) is 31.6 Å². The number of rotatable bonds is 1. The van der Waals surface area contributed by atoms with E-state index < -0.39 is 0 Å². The Bertz CT molecular complexity index is 647. The summed E-state index contributed by atoms with van der Waals surface area (Å²) in [5.74, 6) is 1.03. The zero-order valence-electron chi connectivity index (χ0n) is 14.6. The number of likely N-dealkylation sites (N-methyl/N-ethyl adjacent to an activating group) is 1. The molecule has 0 atom stereocenters. The average molecular weight is 314 g/mol. The Kier molecular flexibility index (Phi) is 4.31. The maximum atomic E-state index is 9.57. The van der Waals surface area contributed by atoms with Crippen LogP contribution in [-0.2, 0) is 17.8 Å². The van der Waals surface area contributed by atoms with Crippen molar-refractivity contribution in [1.29, 1.82) is 5.26 Å². The van der Waals surface area contributed by atoms with Gasteiger partial charge in [0.2, 0.25) is 0 Å². The van der Waals surface area contributed by atoms with E-state index in [1.54, 1.807) is 0 Å². The Morgan fingerprint density at radius 1 is 1.17 bits per heavy atom. The Hall–Kier alpha value is -1.64. The smallest absolute Gasteiger partial charge is 0.134 e. The molecule has 0 amide bonds. The molecule has 1 aromatic heterocycles. The minimum Gasteiger partial charge on any atom is -0.370 e. The van der Waals surface area contributed by atoms with Crippen LogP contribution in [0, 0.1) is 18.3 Å². The van der Waals surface area contributed by atoms with Crippen LogP contribution in [0.15, 0.2) is 0 Å². The Balaban J connectivity index is 2.05. The van der Waals surface area contributed by atoms with Gasteiger partial charge < -0.3 is 14.5 Å². The standard InChI is InChI=1S/C18H26N4O/c1-13-15(11-19)14-10-18(2,3)23-12-16(14)17(20-13)22-7-5-6-21(4)8-9-22/h5-10,12H2,1-4H3. The van der Waals surface area contributed by atoms with E-state index in [4.69, 9.17) is 9.72 Å². The van der Waals surface area contributed by atoms with Crippen molar-refractivity contribution in [2.75, 3.05) is 38.1 Å². The van der Waals surface area contributed by atoms with Gasteiger partial charge >= 0.3 is 0 Å². The average Bonchev–Trinajstić information content (AvgIpc) is 2.70. The Morgan fingerprint density at radius 2 is 1.96 bits per heavy atom. The van der Waals surface area contributed by atoms with Crippen LogP contribution in [0.4, 0.5) is 5.82 Å². The summed E-state index contributed by atoms with van der Waals surface area (Å²) < 4.78 is 6.03. The van der Waals surface area contributed by atoms with E-state index >= 15 is 0 Å². The minimum atomic E-state index is -0.220. The molecule has 1 fully saturated rings. The molecule has 0 saturated carbocycles. The van der Waals surface area contributed by atoms with Gasteiger partial charge in [0.1, 0.15) is 11.9 Å². The number of pyridine rings is 1. The van der Waals surface area contributed by atoms with Crippen molar-refractivity contribution >= 4 is 5.82 Å². The van der Waals surface area contributed by atoms with Crippen LogP contribution < -0.4 is 4.90 Å². The second-order valence-corrected chi connectivity index (χ2v) is 7.33. The number of nitrogens with zero attached hydrogens (tertiary/aromatic N) is 4. The van der Waals surface area contributed by atoms with Crippen LogP contribution in [0.2, 0.25) is 0 Å². The van der Waals surface area contributed by atoms with Gasteiger partial charge in [-0.05, 0) is 46.3 Å². The first-order chi connectivity index (χ1) is 10.9. The van der Waals surface area contributed by atoms with Gasteiger partial charge in [-0.3, -0.25) is 0 Å². The van der Waals surface area contributed by atoms with Gasteiger partial charge in [0.25, 0.3) is 0 Å². The molecule has 0 bridgehead atoms. The third-order valence-electron chi connectivity index (χ3n) is 4.91. The molecule has 5 nitrogen and oxygen atoms in total. The van der Waals surface area contributed by atoms with Crippen LogP contribution in [0.3, 0.4) is 0 Å². The monoisotopic (exact) mass is 314 g/mol. The SMILES string of the molecule is Cc1nc(N2CCCN(C)CC2)c2c(c1C#N)CC(C)(C)OC2. The predicted molar refractivity (Wildman–Crippen MR) is 90.6 cm³/mol. The summed E-state index contributed by atoms with van der Waals surface area (Å²) in [6, 6.07) is 2.37. The molecule has 5 heteroatoms. The van der Waals surface area contributed by atoms with Crippen molar-refractivity contribution in [3.05, 3.63) is 22.4 Å². The molecule has 2 aliphatic heterocycles. The van der Waals surface area contributed by atoms with Crippen molar-refractivity contribution in [1.82, 2.24) is 9.88 Å². The molecule has 124 valence electrons. The second-order valence-electron chi connectivity index (χ2n) is 7.33. The summed E-state index contributed by atoms with van der Waals surface area (Å²) >= 11 is 0. The first-order valence-corrected chi connectivity index (χ1v) is 8.41. The lowest BCUT2D eigenvalue weighted by atomic mass is 9.88. The quantitative estimate of drug-likeness (QED) is 0.796. The molecule has 1 saturated heterocycles. The maximum Gasteiger partial charge on any atom is 0.134 e. The van der Waals surface area contributed by atoms with Crippen molar-refractivity contribution in [2.24, 2.45) is 0 Å². The highest BCUT2D eigenvalue weighted by Gasteiger charge is 2.32. The largest absolute Gasteiger partial charge is 0.370 e. The van der Waals surface area contributed by atoms with Crippen molar-refractivity contribution < 1.29 is 4.74 Å². The predicted octanol–water partition coefficient (Wildman–Crippen LogP) is 2.25. The van der Waals surface area contributed by atoms with Gasteiger partial charge in [-0.2, -0.15) is 5.26 Å². The van der Waals surface area contributed by atoms with E-state index in [-0.39, 0.29) is 5.60 Å². The summed E-state index contributed by atoms with van der Waals surface area (Å²) in [7, 11) is 2.17. The number of aryl methyl sites for hydroxylation is 1. The fourth-order valence-corrected chi connectivity index (χ4v) is 3.55. The summed E-state index contributed by atoms with van der Waals surface area (Å²) in [6.07, 6.45) is 1.91. The highest BCUT2D eigenvalue weighted by molar-refractivity contribution is 5.59. The zero-order valence-corrected chi connectivity index (χ0v) is 14.6. The summed E-state index contributed by atoms with van der Waals surface area (Å²) in [6.45, 7) is 10.8. The highest BCUT2D eigenvalue weighted by Crippen LogP contribution is 2.36. The minimum absolute atomic E-state index is 0.220. The zero-order chi connectivity index (χ0) is 16.6. The van der Waals surface area contributed by atoms with E-state index in [1.165, 1.54) is 0 Å². The molecule has 3 rings (SSSR count). The molecular formula is C18H26N4O. The molecule has 0 unspecified atom stereocenters. The summed E-state index contributed by atoms with van der Waals surface area (Å²) in [5, 5.41) is 9.57. The van der Waals surface area contributed by atoms with E-state index in [1.807, 2.05) is 6.92 Å². The number of anilines is 1. The molecule has 0 aromatic carbocycles. The van der Waals surface area contributed by atoms with Crippen molar-refractivity contribution in [3.63, 3.8) is 0 Å². The molecule has 0 N–H and O–H groups in total. The second kappa shape index (κ2) is 6.10. The summed E-state index contributed by atoms with van der Waals surface area (Å²) in [5.41, 5.74) is 3.63. The van der Waals surface area contributed by atoms with Gasteiger partial charge in [0.15, 0.2) is 0 Å². The van der Waals surface area contributed by atoms with Gasteiger partial charge in [-0.15, -0.1) is 0 Å². The van der Waals surface area contributed by atoms with Crippen molar-refractivity contribution in [2.45, 2.75) is 45.8 Å². The topological polar surface area (TPSA) is 52.4 Å². The Morgan fingerprint density at radius 3 is 2.70 bits per heavy atom. The lowest BCUT2D eigenvalue weighted by Gasteiger charge is -2.35. The normalized spacial score (nSPS) is 21.4. The van der Waals surface area contributed by atoms with Gasteiger partial charge in [0.05, 0.1) is 23.5 Å². The third kappa shape index (κ3) is 3.19. The lowest BCUT2D eigenvalue weighted by molar-refractivity contribution is -0.0401. The molecular weight excluding hydrogens is 288 g/mol. The summed E-state index contributed by atoms with van der Waals surface area (Å²) in [4.78, 5) is 9.54. The van der Waals surface area contributed by atoms with E-state index in [0.717, 1.165) is 67.2 Å². The van der Waals surface area contributed by atoms with E-state index in [9.17, 15) is 5.26 Å². The first-order valence-electron chi connectivity index (χ1n) is 8.41. The number of hydrogen-bond acceptors (Lipinski definition) is 5. The fraction of sp³-hybridized carbons (Fsp3) is 0.667. The maximum absolute atomic E-state index is 9.57. The van der Waals surface area contributed by atoms with Crippen LogP contribution >= 0.6 is 0 Å². The first kappa shape index (κ1) is 16.2. The molecule has 2 aliphatic rings. The number of aromatic nitrogens is 1. The molecule has 23 heavy (non-hydrogen) atoms. The highest BCUT2D eigenvalue weighted by atomic mass is 16.5. The van der Waals surface area contributed by atoms with Crippen molar-refractivity contribution in [3.8, 4) is 6.07 Å². The van der Waals surface area contributed by atoms with Crippen LogP contribution in [0.25, 0.3) is 0 Å². The van der Waals surface area contributed by atoms with Crippen LogP contribution in [-0.4, -0.2) is 48.7 Å². The number of ether oxygens (including phenoxy) is 1. The fourth-order valence-electron chi connectivity index (χ4n) is 3.55. The molecule has 3 heterocycles. The molecule has 0 aliphatic carbocycles. The Labute approximate surface area is 138 Å². The van der Waals surface area contributed by atoms with Gasteiger partial charge in [-0.1, -0.05) is 0 Å². The van der Waals surface area contributed by atoms with Gasteiger partial charge in [-0.25, -0.2) is 4.98 Å². The number of nitriles is 1. The third-order valence-corrected chi connectivity index (χ3v) is 4.91. The molecule has 0 spiro atoms. The number of hydrogen-bond donors (Lipinski definition) is 0. The molecule has 1 aromatic rings. The lowest BCUT2D eigenvalue weighted by Crippen LogP contribution is -2.36.